The maximum Gasteiger partial charge on any atom is 0.328 e. The van der Waals surface area contributed by atoms with Gasteiger partial charge in [0.25, 0.3) is 0 Å². The van der Waals surface area contributed by atoms with E-state index in [1.807, 2.05) is 0 Å². The number of aromatic amines is 1. The number of nitrogens with zero attached hydrogens (tertiary/aromatic N) is 1. The van der Waals surface area contributed by atoms with Crippen molar-refractivity contribution in [1.29, 1.82) is 0 Å². The van der Waals surface area contributed by atoms with Crippen LogP contribution in [0.3, 0.4) is 0 Å². The number of imidazole rings is 1. The fourth-order valence-electron chi connectivity index (χ4n) is 1.37. The molecule has 2 aromatic rings. The lowest BCUT2D eigenvalue weighted by Gasteiger charge is -1.98. The molecule has 1 aromatic heterocycles. The van der Waals surface area contributed by atoms with Crippen molar-refractivity contribution in [1.82, 2.24) is 9.97 Å². The molecule has 0 amide bonds. The summed E-state index contributed by atoms with van der Waals surface area (Å²) in [4.78, 5) is 17.4. The van der Waals surface area contributed by atoms with E-state index >= 15 is 0 Å². The Kier molecular flexibility index (Phi) is 2.13. The second-order valence-electron chi connectivity index (χ2n) is 3.04. The van der Waals surface area contributed by atoms with Gasteiger partial charge in [-0.1, -0.05) is 6.07 Å². The first-order valence-electron chi connectivity index (χ1n) is 4.31. The molecule has 0 aliphatic heterocycles. The van der Waals surface area contributed by atoms with Crippen molar-refractivity contribution in [3.63, 3.8) is 0 Å². The average Bonchev–Trinajstić information content (AvgIpc) is 2.66. The van der Waals surface area contributed by atoms with E-state index in [4.69, 9.17) is 10.8 Å². The zero-order valence-electron chi connectivity index (χ0n) is 7.77. The van der Waals surface area contributed by atoms with Gasteiger partial charge in [0.2, 0.25) is 0 Å². The zero-order chi connectivity index (χ0) is 10.8. The van der Waals surface area contributed by atoms with Crippen molar-refractivity contribution >= 4 is 28.8 Å². The van der Waals surface area contributed by atoms with E-state index in [9.17, 15) is 4.79 Å². The van der Waals surface area contributed by atoms with E-state index in [1.54, 1.807) is 12.1 Å². The van der Waals surface area contributed by atoms with E-state index in [2.05, 4.69) is 9.97 Å². The molecule has 0 saturated heterocycles. The Balaban J connectivity index is 2.57. The molecule has 15 heavy (non-hydrogen) atoms. The number of hydrogen-bond donors (Lipinski definition) is 3. The largest absolute Gasteiger partial charge is 0.478 e. The number of carboxylic acids is 1. The molecule has 1 heterocycles. The Morgan fingerprint density at radius 1 is 1.53 bits per heavy atom. The monoisotopic (exact) mass is 203 g/mol. The summed E-state index contributed by atoms with van der Waals surface area (Å²) >= 11 is 0. The minimum absolute atomic E-state index is 0.593. The Morgan fingerprint density at radius 3 is 3.07 bits per heavy atom. The average molecular weight is 203 g/mol. The van der Waals surface area contributed by atoms with Crippen molar-refractivity contribution in [3.8, 4) is 0 Å². The summed E-state index contributed by atoms with van der Waals surface area (Å²) in [5.41, 5.74) is 8.43. The van der Waals surface area contributed by atoms with Crippen molar-refractivity contribution in [2.75, 3.05) is 5.73 Å². The number of nitrogens with two attached hydrogens (primary N) is 1. The van der Waals surface area contributed by atoms with Crippen LogP contribution < -0.4 is 5.73 Å². The van der Waals surface area contributed by atoms with Gasteiger partial charge in [-0.15, -0.1) is 0 Å². The molecule has 2 rings (SSSR count). The summed E-state index contributed by atoms with van der Waals surface area (Å²) in [6, 6.07) is 3.44. The number of hydrogen-bond acceptors (Lipinski definition) is 3. The predicted molar refractivity (Wildman–Crippen MR) is 57.2 cm³/mol. The van der Waals surface area contributed by atoms with E-state index in [0.29, 0.717) is 11.2 Å². The molecular formula is C10H9N3O2. The van der Waals surface area contributed by atoms with Crippen LogP contribution in [0.5, 0.6) is 0 Å². The van der Waals surface area contributed by atoms with Crippen molar-refractivity contribution in [2.24, 2.45) is 0 Å². The SMILES string of the molecule is Nc1ccc(C=CC(=O)O)c2nc[nH]c12. The second kappa shape index (κ2) is 3.45. The van der Waals surface area contributed by atoms with Crippen LogP contribution in [-0.2, 0) is 4.79 Å². The molecule has 0 aliphatic carbocycles. The predicted octanol–water partition coefficient (Wildman–Crippen LogP) is 1.24. The number of benzene rings is 1. The molecule has 0 spiro atoms. The molecule has 5 nitrogen and oxygen atoms in total. The summed E-state index contributed by atoms with van der Waals surface area (Å²) in [5.74, 6) is -0.990. The number of fused-ring (bicyclic) bond motifs is 1. The van der Waals surface area contributed by atoms with Crippen LogP contribution in [0.15, 0.2) is 24.5 Å². The van der Waals surface area contributed by atoms with Gasteiger partial charge in [-0.3, -0.25) is 0 Å². The summed E-state index contributed by atoms with van der Waals surface area (Å²) in [6.45, 7) is 0. The third-order valence-electron chi connectivity index (χ3n) is 2.05. The van der Waals surface area contributed by atoms with Gasteiger partial charge in [-0.25, -0.2) is 9.78 Å². The molecule has 0 bridgehead atoms. The first-order chi connectivity index (χ1) is 7.18. The first-order valence-corrected chi connectivity index (χ1v) is 4.31. The van der Waals surface area contributed by atoms with E-state index in [1.165, 1.54) is 12.4 Å². The van der Waals surface area contributed by atoms with Crippen LogP contribution in [0.1, 0.15) is 5.56 Å². The number of anilines is 1. The van der Waals surface area contributed by atoms with Gasteiger partial charge in [0, 0.05) is 11.6 Å². The summed E-state index contributed by atoms with van der Waals surface area (Å²) in [7, 11) is 0. The smallest absolute Gasteiger partial charge is 0.328 e. The van der Waals surface area contributed by atoms with E-state index < -0.39 is 5.97 Å². The standard InChI is InChI=1S/C10H9N3O2/c11-7-3-1-6(2-4-8(14)15)9-10(7)13-5-12-9/h1-5H,11H2,(H,12,13)(H,14,15). The fraction of sp³-hybridized carbons (Fsp3) is 0. The molecule has 0 saturated carbocycles. The van der Waals surface area contributed by atoms with Crippen LogP contribution in [0.2, 0.25) is 0 Å². The zero-order valence-corrected chi connectivity index (χ0v) is 7.77. The molecule has 0 atom stereocenters. The van der Waals surface area contributed by atoms with Crippen molar-refractivity contribution in [3.05, 3.63) is 30.1 Å². The summed E-state index contributed by atoms with van der Waals surface area (Å²) < 4.78 is 0. The van der Waals surface area contributed by atoms with Crippen LogP contribution in [0.25, 0.3) is 17.1 Å². The van der Waals surface area contributed by atoms with Crippen LogP contribution >= 0.6 is 0 Å². The summed E-state index contributed by atoms with van der Waals surface area (Å²) in [5, 5.41) is 8.51. The van der Waals surface area contributed by atoms with Gasteiger partial charge in [-0.05, 0) is 12.1 Å². The number of nitrogen functional groups attached to an aromatic ring is 1. The van der Waals surface area contributed by atoms with Gasteiger partial charge >= 0.3 is 5.97 Å². The minimum Gasteiger partial charge on any atom is -0.478 e. The molecular weight excluding hydrogens is 194 g/mol. The topological polar surface area (TPSA) is 92.0 Å². The molecule has 4 N–H and O–H groups in total. The van der Waals surface area contributed by atoms with Crippen LogP contribution in [0, 0.1) is 0 Å². The lowest BCUT2D eigenvalue weighted by atomic mass is 10.1. The van der Waals surface area contributed by atoms with Gasteiger partial charge in [0.15, 0.2) is 0 Å². The van der Waals surface area contributed by atoms with Crippen LogP contribution in [0.4, 0.5) is 5.69 Å². The van der Waals surface area contributed by atoms with Crippen molar-refractivity contribution in [2.45, 2.75) is 0 Å². The van der Waals surface area contributed by atoms with Gasteiger partial charge in [0.05, 0.1) is 23.0 Å². The Hall–Kier alpha value is -2.30. The van der Waals surface area contributed by atoms with Gasteiger partial charge in [0.1, 0.15) is 0 Å². The maximum absolute atomic E-state index is 10.4. The molecule has 0 radical (unpaired) electrons. The number of nitrogens with one attached hydrogen (secondary N) is 1. The number of rotatable bonds is 2. The first kappa shape index (κ1) is 9.26. The van der Waals surface area contributed by atoms with Crippen molar-refractivity contribution < 1.29 is 9.90 Å². The summed E-state index contributed by atoms with van der Waals surface area (Å²) in [6.07, 6.45) is 4.09. The number of H-pyrrole nitrogens is 1. The number of carbonyl (C=O) groups is 1. The second-order valence-corrected chi connectivity index (χ2v) is 3.04. The molecule has 5 heteroatoms. The quantitative estimate of drug-likeness (QED) is 0.505. The molecule has 0 fully saturated rings. The van der Waals surface area contributed by atoms with E-state index in [-0.39, 0.29) is 0 Å². The Labute approximate surface area is 85.2 Å². The van der Waals surface area contributed by atoms with Gasteiger partial charge in [-0.2, -0.15) is 0 Å². The highest BCUT2D eigenvalue weighted by molar-refractivity contribution is 5.95. The molecule has 0 unspecified atom stereocenters. The number of aliphatic carboxylic acids is 1. The molecule has 0 aliphatic rings. The third-order valence-corrected chi connectivity index (χ3v) is 2.05. The van der Waals surface area contributed by atoms with E-state index in [0.717, 1.165) is 17.2 Å². The fourth-order valence-corrected chi connectivity index (χ4v) is 1.37. The Morgan fingerprint density at radius 2 is 2.33 bits per heavy atom. The number of aromatic nitrogens is 2. The number of carboxylic acid groups (broad SMARTS) is 1. The lowest BCUT2D eigenvalue weighted by molar-refractivity contribution is -0.131. The highest BCUT2D eigenvalue weighted by Gasteiger charge is 2.04. The van der Waals surface area contributed by atoms with Crippen LogP contribution in [-0.4, -0.2) is 21.0 Å². The van der Waals surface area contributed by atoms with Gasteiger partial charge < -0.3 is 15.8 Å². The lowest BCUT2D eigenvalue weighted by Crippen LogP contribution is -1.89. The highest BCUT2D eigenvalue weighted by Crippen LogP contribution is 2.21. The highest BCUT2D eigenvalue weighted by atomic mass is 16.4. The minimum atomic E-state index is -0.990. The maximum atomic E-state index is 10.4. The Bertz CT molecular complexity index is 543. The molecule has 1 aromatic carbocycles. The normalized spacial score (nSPS) is 11.2. The third kappa shape index (κ3) is 1.67. The molecule has 76 valence electrons.